The summed E-state index contributed by atoms with van der Waals surface area (Å²) >= 11 is 0. The van der Waals surface area contributed by atoms with Crippen molar-refractivity contribution in [2.24, 2.45) is 0 Å². The lowest BCUT2D eigenvalue weighted by molar-refractivity contribution is 0.687. The van der Waals surface area contributed by atoms with E-state index in [1.165, 1.54) is 0 Å². The number of nitrogens with one attached hydrogen (secondary N) is 2. The molecule has 1 atom stereocenters. The van der Waals surface area contributed by atoms with Crippen LogP contribution in [0.4, 0.5) is 11.9 Å². The summed E-state index contributed by atoms with van der Waals surface area (Å²) in [5.41, 5.74) is 0. The first-order valence-corrected chi connectivity index (χ1v) is 7.95. The van der Waals surface area contributed by atoms with Crippen LogP contribution < -0.4 is 10.6 Å². The normalized spacial score (nSPS) is 12.1. The second-order valence-electron chi connectivity index (χ2n) is 3.97. The lowest BCUT2D eigenvalue weighted by Gasteiger charge is -2.08. The zero-order valence-corrected chi connectivity index (χ0v) is 12.2. The molecule has 20 heavy (non-hydrogen) atoms. The molecule has 0 aliphatic rings. The van der Waals surface area contributed by atoms with Gasteiger partial charge in [-0.1, -0.05) is 0 Å². The summed E-state index contributed by atoms with van der Waals surface area (Å²) in [5, 5.41) is 10.2. The molecule has 0 aliphatic carbocycles. The first-order valence-electron chi connectivity index (χ1n) is 6.23. The van der Waals surface area contributed by atoms with Crippen molar-refractivity contribution in [2.75, 3.05) is 35.7 Å². The van der Waals surface area contributed by atoms with Gasteiger partial charge in [-0.05, 0) is 13.0 Å². The van der Waals surface area contributed by atoms with E-state index in [9.17, 15) is 4.21 Å². The largest absolute Gasteiger partial charge is 0.354 e. The molecule has 2 N–H and O–H groups in total. The Hall–Kier alpha value is -2.03. The van der Waals surface area contributed by atoms with Crippen LogP contribution in [0.1, 0.15) is 6.92 Å². The van der Waals surface area contributed by atoms with Gasteiger partial charge in [0.15, 0.2) is 0 Å². The average molecular weight is 295 g/mol. The molecular formula is C11H17N7OS. The molecule has 0 aromatic carbocycles. The van der Waals surface area contributed by atoms with Gasteiger partial charge >= 0.3 is 0 Å². The van der Waals surface area contributed by atoms with Crippen LogP contribution in [-0.4, -0.2) is 54.0 Å². The molecule has 108 valence electrons. The van der Waals surface area contributed by atoms with E-state index in [2.05, 4.69) is 30.7 Å². The van der Waals surface area contributed by atoms with Crippen LogP contribution in [0.15, 0.2) is 18.5 Å². The third-order valence-corrected chi connectivity index (χ3v) is 3.12. The van der Waals surface area contributed by atoms with E-state index in [-0.39, 0.29) is 0 Å². The minimum absolute atomic E-state index is 0.432. The van der Waals surface area contributed by atoms with E-state index in [0.29, 0.717) is 36.7 Å². The Balaban J connectivity index is 2.19. The molecule has 2 aromatic heterocycles. The summed E-state index contributed by atoms with van der Waals surface area (Å²) < 4.78 is 12.6. The van der Waals surface area contributed by atoms with Crippen molar-refractivity contribution in [1.29, 1.82) is 0 Å². The number of hydrogen-bond donors (Lipinski definition) is 2. The first-order chi connectivity index (χ1) is 9.69. The standard InChI is InChI=1S/C11H17N7OS/c1-3-12-9-15-10(13-6-8-20(2)19)17-11(16-9)18-7-4-5-14-18/h4-5,7H,3,6,8H2,1-2H3,(H2,12,13,15,16,17). The maximum absolute atomic E-state index is 11.0. The Morgan fingerprint density at radius 3 is 2.60 bits per heavy atom. The van der Waals surface area contributed by atoms with Crippen molar-refractivity contribution in [2.45, 2.75) is 6.92 Å². The van der Waals surface area contributed by atoms with Gasteiger partial charge in [-0.3, -0.25) is 4.21 Å². The Bertz CT molecular complexity index is 572. The lowest BCUT2D eigenvalue weighted by Crippen LogP contribution is -2.16. The highest BCUT2D eigenvalue weighted by Gasteiger charge is 2.07. The molecule has 0 fully saturated rings. The highest BCUT2D eigenvalue weighted by atomic mass is 32.2. The molecule has 0 bridgehead atoms. The van der Waals surface area contributed by atoms with Crippen LogP contribution in [0.2, 0.25) is 0 Å². The highest BCUT2D eigenvalue weighted by Crippen LogP contribution is 2.08. The van der Waals surface area contributed by atoms with E-state index in [1.807, 2.05) is 6.92 Å². The van der Waals surface area contributed by atoms with Crippen molar-refractivity contribution in [3.05, 3.63) is 18.5 Å². The van der Waals surface area contributed by atoms with E-state index in [1.54, 1.807) is 29.4 Å². The van der Waals surface area contributed by atoms with Gasteiger partial charge < -0.3 is 10.6 Å². The van der Waals surface area contributed by atoms with Crippen LogP contribution in [0, 0.1) is 0 Å². The molecule has 0 saturated carbocycles. The second-order valence-corrected chi connectivity index (χ2v) is 5.52. The minimum Gasteiger partial charge on any atom is -0.354 e. The number of nitrogens with zero attached hydrogens (tertiary/aromatic N) is 5. The number of rotatable bonds is 7. The van der Waals surface area contributed by atoms with Crippen molar-refractivity contribution >= 4 is 22.7 Å². The molecule has 2 aromatic rings. The SMILES string of the molecule is CCNc1nc(NCCS(C)=O)nc(-n2cccn2)n1. The van der Waals surface area contributed by atoms with Gasteiger partial charge in [0, 0.05) is 48.3 Å². The van der Waals surface area contributed by atoms with Crippen molar-refractivity contribution in [3.63, 3.8) is 0 Å². The van der Waals surface area contributed by atoms with Gasteiger partial charge in [-0.25, -0.2) is 4.68 Å². The Labute approximate surface area is 119 Å². The topological polar surface area (TPSA) is 97.6 Å². The van der Waals surface area contributed by atoms with Crippen molar-refractivity contribution < 1.29 is 4.21 Å². The second kappa shape index (κ2) is 6.94. The third-order valence-electron chi connectivity index (χ3n) is 2.34. The van der Waals surface area contributed by atoms with Crippen molar-refractivity contribution in [1.82, 2.24) is 24.7 Å². The van der Waals surface area contributed by atoms with Gasteiger partial charge in [-0.2, -0.15) is 20.1 Å². The van der Waals surface area contributed by atoms with Crippen LogP contribution in [0.5, 0.6) is 0 Å². The summed E-state index contributed by atoms with van der Waals surface area (Å²) in [6, 6.07) is 1.80. The number of aromatic nitrogens is 5. The van der Waals surface area contributed by atoms with E-state index in [0.717, 1.165) is 0 Å². The molecular weight excluding hydrogens is 278 g/mol. The Kier molecular flexibility index (Phi) is 4.99. The predicted molar refractivity (Wildman–Crippen MR) is 78.5 cm³/mol. The molecule has 9 heteroatoms. The lowest BCUT2D eigenvalue weighted by atomic mass is 10.7. The fourth-order valence-electron chi connectivity index (χ4n) is 1.48. The van der Waals surface area contributed by atoms with E-state index >= 15 is 0 Å². The summed E-state index contributed by atoms with van der Waals surface area (Å²) in [5.74, 6) is 1.89. The van der Waals surface area contributed by atoms with Crippen LogP contribution in [0.25, 0.3) is 5.95 Å². The molecule has 8 nitrogen and oxygen atoms in total. The smallest absolute Gasteiger partial charge is 0.257 e. The van der Waals surface area contributed by atoms with Crippen LogP contribution in [-0.2, 0) is 10.8 Å². The zero-order chi connectivity index (χ0) is 14.4. The number of anilines is 2. The summed E-state index contributed by atoms with van der Waals surface area (Å²) in [6.45, 7) is 3.21. The van der Waals surface area contributed by atoms with Crippen LogP contribution >= 0.6 is 0 Å². The van der Waals surface area contributed by atoms with Gasteiger partial charge in [0.25, 0.3) is 5.95 Å². The van der Waals surface area contributed by atoms with Crippen molar-refractivity contribution in [3.8, 4) is 5.95 Å². The predicted octanol–water partition coefficient (Wildman–Crippen LogP) is 0.279. The van der Waals surface area contributed by atoms with E-state index in [4.69, 9.17) is 0 Å². The molecule has 0 aliphatic heterocycles. The summed E-state index contributed by atoms with van der Waals surface area (Å²) in [7, 11) is -0.850. The first kappa shape index (κ1) is 14.4. The molecule has 0 saturated heterocycles. The monoisotopic (exact) mass is 295 g/mol. The van der Waals surface area contributed by atoms with Gasteiger partial charge in [-0.15, -0.1) is 0 Å². The fraction of sp³-hybridized carbons (Fsp3) is 0.455. The molecule has 0 radical (unpaired) electrons. The highest BCUT2D eigenvalue weighted by molar-refractivity contribution is 7.84. The van der Waals surface area contributed by atoms with E-state index < -0.39 is 10.8 Å². The fourth-order valence-corrected chi connectivity index (χ4v) is 1.87. The maximum atomic E-state index is 11.0. The quantitative estimate of drug-likeness (QED) is 0.757. The molecule has 2 rings (SSSR count). The molecule has 0 spiro atoms. The van der Waals surface area contributed by atoms with Gasteiger partial charge in [0.2, 0.25) is 11.9 Å². The average Bonchev–Trinajstić information content (AvgIpc) is 2.92. The van der Waals surface area contributed by atoms with Crippen LogP contribution in [0.3, 0.4) is 0 Å². The molecule has 1 unspecified atom stereocenters. The maximum Gasteiger partial charge on any atom is 0.257 e. The van der Waals surface area contributed by atoms with Gasteiger partial charge in [0.1, 0.15) is 0 Å². The summed E-state index contributed by atoms with van der Waals surface area (Å²) in [4.78, 5) is 12.8. The molecule has 2 heterocycles. The van der Waals surface area contributed by atoms with Gasteiger partial charge in [0.05, 0.1) is 0 Å². The third kappa shape index (κ3) is 3.98. The molecule has 0 amide bonds. The Morgan fingerprint density at radius 1 is 1.25 bits per heavy atom. The minimum atomic E-state index is -0.850. The number of hydrogen-bond acceptors (Lipinski definition) is 7. The Morgan fingerprint density at radius 2 is 2.00 bits per heavy atom. The summed E-state index contributed by atoms with van der Waals surface area (Å²) in [6.07, 6.45) is 5.08. The zero-order valence-electron chi connectivity index (χ0n) is 11.4.